The molecule has 4 nitrogen and oxygen atoms in total. The fourth-order valence-electron chi connectivity index (χ4n) is 2.19. The smallest absolute Gasteiger partial charge is 0.231 e. The lowest BCUT2D eigenvalue weighted by atomic mass is 10.2. The van der Waals surface area contributed by atoms with Crippen molar-refractivity contribution in [2.24, 2.45) is 0 Å². The van der Waals surface area contributed by atoms with Gasteiger partial charge in [0.05, 0.1) is 13.7 Å². The minimum Gasteiger partial charge on any atom is -0.497 e. The van der Waals surface area contributed by atoms with Crippen molar-refractivity contribution >= 4 is 6.08 Å². The molecule has 0 bridgehead atoms. The summed E-state index contributed by atoms with van der Waals surface area (Å²) >= 11 is 0. The molecule has 2 aromatic carbocycles. The van der Waals surface area contributed by atoms with E-state index in [0.717, 1.165) is 28.4 Å². The Bertz CT molecular complexity index is 766. The van der Waals surface area contributed by atoms with E-state index in [1.54, 1.807) is 7.11 Å². The lowest BCUT2D eigenvalue weighted by molar-refractivity contribution is 0.174. The molecule has 0 saturated carbocycles. The van der Waals surface area contributed by atoms with Crippen molar-refractivity contribution in [3.05, 3.63) is 59.7 Å². The average Bonchev–Trinajstić information content (AvgIpc) is 3.09. The third-order valence-electron chi connectivity index (χ3n) is 3.42. The van der Waals surface area contributed by atoms with E-state index in [9.17, 15) is 0 Å². The fourth-order valence-corrected chi connectivity index (χ4v) is 2.19. The first kappa shape index (κ1) is 16.0. The number of methoxy groups -OCH3 is 1. The zero-order chi connectivity index (χ0) is 16.6. The van der Waals surface area contributed by atoms with Gasteiger partial charge in [-0.05, 0) is 35.9 Å². The second-order valence-electron chi connectivity index (χ2n) is 5.06. The second kappa shape index (κ2) is 8.09. The Kier molecular flexibility index (Phi) is 5.39. The van der Waals surface area contributed by atoms with Gasteiger partial charge in [0.1, 0.15) is 12.4 Å². The highest BCUT2D eigenvalue weighted by Crippen LogP contribution is 2.32. The number of fused-ring (bicyclic) bond motifs is 1. The second-order valence-corrected chi connectivity index (χ2v) is 5.06. The van der Waals surface area contributed by atoms with Crippen molar-refractivity contribution in [2.45, 2.75) is 0 Å². The van der Waals surface area contributed by atoms with Gasteiger partial charge in [0, 0.05) is 5.56 Å². The number of ether oxygens (including phenoxy) is 4. The summed E-state index contributed by atoms with van der Waals surface area (Å²) in [6.45, 7) is 1.17. The van der Waals surface area contributed by atoms with Crippen molar-refractivity contribution < 1.29 is 18.9 Å². The first-order chi connectivity index (χ1) is 11.8. The van der Waals surface area contributed by atoms with E-state index in [1.807, 2.05) is 54.6 Å². The summed E-state index contributed by atoms with van der Waals surface area (Å²) < 4.78 is 21.2. The van der Waals surface area contributed by atoms with E-state index in [4.69, 9.17) is 18.9 Å². The minimum atomic E-state index is 0.274. The number of rotatable bonds is 5. The number of hydrogen-bond donors (Lipinski definition) is 0. The molecule has 3 rings (SSSR count). The van der Waals surface area contributed by atoms with Crippen LogP contribution in [0.25, 0.3) is 6.08 Å². The van der Waals surface area contributed by atoms with Crippen molar-refractivity contribution in [3.63, 3.8) is 0 Å². The van der Waals surface area contributed by atoms with Gasteiger partial charge in [0.25, 0.3) is 0 Å². The monoisotopic (exact) mass is 322 g/mol. The molecule has 0 radical (unpaired) electrons. The number of benzene rings is 2. The molecular weight excluding hydrogens is 304 g/mol. The molecular formula is C20H18O4. The summed E-state index contributed by atoms with van der Waals surface area (Å²) in [4.78, 5) is 0. The summed E-state index contributed by atoms with van der Waals surface area (Å²) in [6, 6.07) is 13.5. The Morgan fingerprint density at radius 3 is 2.75 bits per heavy atom. The van der Waals surface area contributed by atoms with E-state index < -0.39 is 0 Å². The van der Waals surface area contributed by atoms with Crippen LogP contribution in [-0.4, -0.2) is 27.1 Å². The van der Waals surface area contributed by atoms with E-state index in [0.29, 0.717) is 13.2 Å². The molecule has 0 fully saturated rings. The van der Waals surface area contributed by atoms with Crippen LogP contribution in [0.1, 0.15) is 11.1 Å². The molecule has 24 heavy (non-hydrogen) atoms. The zero-order valence-corrected chi connectivity index (χ0v) is 13.5. The molecule has 2 aromatic rings. The molecule has 4 heteroatoms. The van der Waals surface area contributed by atoms with Crippen LogP contribution in [0.4, 0.5) is 0 Å². The Balaban J connectivity index is 1.41. The average molecular weight is 322 g/mol. The highest BCUT2D eigenvalue weighted by molar-refractivity contribution is 5.51. The van der Waals surface area contributed by atoms with Crippen LogP contribution in [0, 0.1) is 11.8 Å². The van der Waals surface area contributed by atoms with E-state index >= 15 is 0 Å². The predicted octanol–water partition coefficient (Wildman–Crippen LogP) is 3.51. The lowest BCUT2D eigenvalue weighted by Crippen LogP contribution is -1.92. The molecule has 0 N–H and O–H groups in total. The van der Waals surface area contributed by atoms with E-state index in [-0.39, 0.29) is 6.79 Å². The van der Waals surface area contributed by atoms with Crippen LogP contribution in [0.5, 0.6) is 17.2 Å². The van der Waals surface area contributed by atoms with Crippen LogP contribution in [0.3, 0.4) is 0 Å². The van der Waals surface area contributed by atoms with E-state index in [2.05, 4.69) is 11.8 Å². The van der Waals surface area contributed by atoms with Crippen molar-refractivity contribution in [3.8, 4) is 29.1 Å². The molecule has 0 aromatic heterocycles. The van der Waals surface area contributed by atoms with Gasteiger partial charge in [0.2, 0.25) is 6.79 Å². The first-order valence-corrected chi connectivity index (χ1v) is 7.62. The third-order valence-corrected chi connectivity index (χ3v) is 3.42. The van der Waals surface area contributed by atoms with Crippen LogP contribution >= 0.6 is 0 Å². The van der Waals surface area contributed by atoms with Crippen molar-refractivity contribution in [1.82, 2.24) is 0 Å². The van der Waals surface area contributed by atoms with Gasteiger partial charge in [-0.2, -0.15) is 0 Å². The van der Waals surface area contributed by atoms with Gasteiger partial charge in [-0.3, -0.25) is 0 Å². The topological polar surface area (TPSA) is 36.9 Å². The van der Waals surface area contributed by atoms with Gasteiger partial charge in [-0.1, -0.05) is 36.1 Å². The number of hydrogen-bond acceptors (Lipinski definition) is 4. The van der Waals surface area contributed by atoms with Crippen LogP contribution in [-0.2, 0) is 4.74 Å². The molecule has 0 spiro atoms. The first-order valence-electron chi connectivity index (χ1n) is 7.62. The maximum absolute atomic E-state index is 5.47. The van der Waals surface area contributed by atoms with Crippen LogP contribution in [0.15, 0.2) is 48.5 Å². The molecule has 0 aliphatic carbocycles. The Morgan fingerprint density at radius 1 is 1.08 bits per heavy atom. The molecule has 0 unspecified atom stereocenters. The summed E-state index contributed by atoms with van der Waals surface area (Å²) in [6.07, 6.45) is 3.97. The molecule has 122 valence electrons. The van der Waals surface area contributed by atoms with Crippen LogP contribution < -0.4 is 14.2 Å². The molecule has 0 saturated heterocycles. The summed E-state index contributed by atoms with van der Waals surface area (Å²) in [5, 5.41) is 0. The summed E-state index contributed by atoms with van der Waals surface area (Å²) in [7, 11) is 1.66. The normalized spacial score (nSPS) is 12.0. The fraction of sp³-hybridized carbons (Fsp3) is 0.200. The molecule has 0 atom stereocenters. The molecule has 0 amide bonds. The summed E-state index contributed by atoms with van der Waals surface area (Å²) in [5.41, 5.74) is 1.99. The van der Waals surface area contributed by atoms with Gasteiger partial charge in [-0.25, -0.2) is 0 Å². The molecule has 1 aliphatic heterocycles. The maximum Gasteiger partial charge on any atom is 0.231 e. The largest absolute Gasteiger partial charge is 0.497 e. The van der Waals surface area contributed by atoms with Gasteiger partial charge in [-0.15, -0.1) is 0 Å². The maximum atomic E-state index is 5.47. The van der Waals surface area contributed by atoms with Crippen molar-refractivity contribution in [2.75, 3.05) is 27.1 Å². The van der Waals surface area contributed by atoms with Crippen LogP contribution in [0.2, 0.25) is 0 Å². The Morgan fingerprint density at radius 2 is 1.92 bits per heavy atom. The lowest BCUT2D eigenvalue weighted by Gasteiger charge is -1.99. The standard InChI is InChI=1S/C20H18O4/c1-21-18-9-6-16(7-10-18)4-2-12-22-13-3-5-17-8-11-19-20(14-17)24-15-23-19/h2,4,6-11,14H,12-13,15H2,1H3/b4-2+. The third kappa shape index (κ3) is 4.31. The summed E-state index contributed by atoms with van der Waals surface area (Å²) in [5.74, 6) is 8.39. The highest BCUT2D eigenvalue weighted by Gasteiger charge is 2.12. The highest BCUT2D eigenvalue weighted by atomic mass is 16.7. The minimum absolute atomic E-state index is 0.274. The van der Waals surface area contributed by atoms with Gasteiger partial charge >= 0.3 is 0 Å². The predicted molar refractivity (Wildman–Crippen MR) is 92.3 cm³/mol. The van der Waals surface area contributed by atoms with Crippen molar-refractivity contribution in [1.29, 1.82) is 0 Å². The van der Waals surface area contributed by atoms with Gasteiger partial charge < -0.3 is 18.9 Å². The quantitative estimate of drug-likeness (QED) is 0.623. The van der Waals surface area contributed by atoms with Gasteiger partial charge in [0.15, 0.2) is 11.5 Å². The Labute approximate surface area is 141 Å². The molecule has 1 heterocycles. The molecule has 1 aliphatic rings. The Hall–Kier alpha value is -2.90. The van der Waals surface area contributed by atoms with E-state index in [1.165, 1.54) is 0 Å². The SMILES string of the molecule is COc1ccc(/C=C/COCC#Cc2ccc3c(c2)OCO3)cc1. The zero-order valence-electron chi connectivity index (χ0n) is 13.5.